The number of amides is 1. The van der Waals surface area contributed by atoms with Gasteiger partial charge >= 0.3 is 5.91 Å². The van der Waals surface area contributed by atoms with E-state index in [1.54, 1.807) is 43.3 Å². The van der Waals surface area contributed by atoms with E-state index >= 15 is 0 Å². The number of anilines is 1. The third-order valence-corrected chi connectivity index (χ3v) is 5.25. The normalized spacial score (nSPS) is 18.6. The fraction of sp³-hybridized carbons (Fsp3) is 0.100. The Kier molecular flexibility index (Phi) is 4.48. The average molecular weight is 395 g/mol. The molecule has 1 fully saturated rings. The zero-order valence-corrected chi connectivity index (χ0v) is 15.5. The highest BCUT2D eigenvalue weighted by Gasteiger charge is 2.49. The SMILES string of the molecule is Cc1nnc(N2C(=O)C(=O)/C(=C(/O)c3ccccc3)[C@H]2c2ccccc2F)s1. The molecule has 8 heteroatoms. The zero-order valence-electron chi connectivity index (χ0n) is 14.7. The van der Waals surface area contributed by atoms with Crippen LogP contribution in [0.3, 0.4) is 0 Å². The fourth-order valence-electron chi connectivity index (χ4n) is 3.16. The molecule has 0 aliphatic carbocycles. The van der Waals surface area contributed by atoms with E-state index in [0.29, 0.717) is 10.6 Å². The predicted octanol–water partition coefficient (Wildman–Crippen LogP) is 3.61. The van der Waals surface area contributed by atoms with E-state index in [-0.39, 0.29) is 22.0 Å². The van der Waals surface area contributed by atoms with Crippen molar-refractivity contribution >= 4 is 33.9 Å². The summed E-state index contributed by atoms with van der Waals surface area (Å²) in [5.41, 5.74) is 0.261. The van der Waals surface area contributed by atoms with Crippen LogP contribution in [-0.4, -0.2) is 27.0 Å². The van der Waals surface area contributed by atoms with Crippen LogP contribution in [-0.2, 0) is 9.59 Å². The molecule has 1 aliphatic heterocycles. The van der Waals surface area contributed by atoms with Crippen molar-refractivity contribution in [3.63, 3.8) is 0 Å². The van der Waals surface area contributed by atoms with Gasteiger partial charge in [0, 0.05) is 11.1 Å². The summed E-state index contributed by atoms with van der Waals surface area (Å²) >= 11 is 1.11. The van der Waals surface area contributed by atoms with Crippen molar-refractivity contribution in [2.45, 2.75) is 13.0 Å². The number of benzene rings is 2. The van der Waals surface area contributed by atoms with Crippen LogP contribution in [0.4, 0.5) is 9.52 Å². The van der Waals surface area contributed by atoms with Crippen molar-refractivity contribution < 1.29 is 19.1 Å². The first-order valence-corrected chi connectivity index (χ1v) is 9.21. The van der Waals surface area contributed by atoms with Gasteiger partial charge in [-0.25, -0.2) is 4.39 Å². The summed E-state index contributed by atoms with van der Waals surface area (Å²) in [6.07, 6.45) is 0. The van der Waals surface area contributed by atoms with Gasteiger partial charge in [0.25, 0.3) is 5.78 Å². The smallest absolute Gasteiger partial charge is 0.301 e. The molecule has 2 aromatic carbocycles. The van der Waals surface area contributed by atoms with Gasteiger partial charge in [-0.2, -0.15) is 0 Å². The second-order valence-corrected chi connectivity index (χ2v) is 7.32. The summed E-state index contributed by atoms with van der Waals surface area (Å²) in [6, 6.07) is 13.0. The monoisotopic (exact) mass is 395 g/mol. The number of ketones is 1. The molecule has 4 rings (SSSR count). The highest BCUT2D eigenvalue weighted by Crippen LogP contribution is 2.43. The van der Waals surface area contributed by atoms with E-state index < -0.39 is 23.5 Å². The van der Waals surface area contributed by atoms with Gasteiger partial charge in [0.1, 0.15) is 22.6 Å². The lowest BCUT2D eigenvalue weighted by atomic mass is 9.95. The van der Waals surface area contributed by atoms with Crippen LogP contribution in [0, 0.1) is 12.7 Å². The number of nitrogens with zero attached hydrogens (tertiary/aromatic N) is 3. The van der Waals surface area contributed by atoms with Crippen molar-refractivity contribution in [2.75, 3.05) is 4.90 Å². The third kappa shape index (κ3) is 2.87. The molecule has 2 heterocycles. The van der Waals surface area contributed by atoms with Gasteiger partial charge in [0.15, 0.2) is 0 Å². The van der Waals surface area contributed by atoms with Gasteiger partial charge in [-0.15, -0.1) is 10.2 Å². The second-order valence-electron chi connectivity index (χ2n) is 6.16. The van der Waals surface area contributed by atoms with Crippen LogP contribution in [0.5, 0.6) is 0 Å². The van der Waals surface area contributed by atoms with Crippen molar-refractivity contribution in [1.82, 2.24) is 10.2 Å². The minimum Gasteiger partial charge on any atom is -0.507 e. The molecule has 0 radical (unpaired) electrons. The van der Waals surface area contributed by atoms with Crippen LogP contribution in [0.25, 0.3) is 5.76 Å². The van der Waals surface area contributed by atoms with Gasteiger partial charge in [0.05, 0.1) is 5.57 Å². The predicted molar refractivity (Wildman–Crippen MR) is 102 cm³/mol. The van der Waals surface area contributed by atoms with E-state index in [2.05, 4.69) is 10.2 Å². The maximum atomic E-state index is 14.6. The average Bonchev–Trinajstić information content (AvgIpc) is 3.23. The number of rotatable bonds is 3. The zero-order chi connectivity index (χ0) is 19.8. The molecule has 1 atom stereocenters. The summed E-state index contributed by atoms with van der Waals surface area (Å²) in [7, 11) is 0. The molecule has 3 aromatic rings. The number of hydrogen-bond donors (Lipinski definition) is 1. The maximum Gasteiger partial charge on any atom is 0.301 e. The number of hydrogen-bond acceptors (Lipinski definition) is 6. The molecule has 0 unspecified atom stereocenters. The van der Waals surface area contributed by atoms with Gasteiger partial charge < -0.3 is 5.11 Å². The van der Waals surface area contributed by atoms with Gasteiger partial charge in [0.2, 0.25) is 5.13 Å². The Morgan fingerprint density at radius 1 is 1.07 bits per heavy atom. The van der Waals surface area contributed by atoms with E-state index in [1.165, 1.54) is 18.2 Å². The van der Waals surface area contributed by atoms with Crippen molar-refractivity contribution in [1.29, 1.82) is 0 Å². The molecular formula is C20H14FN3O3S. The third-order valence-electron chi connectivity index (χ3n) is 4.41. The number of aromatic nitrogens is 2. The molecule has 6 nitrogen and oxygen atoms in total. The molecule has 1 aliphatic rings. The lowest BCUT2D eigenvalue weighted by Gasteiger charge is -2.22. The Morgan fingerprint density at radius 2 is 1.75 bits per heavy atom. The number of aliphatic hydroxyl groups excluding tert-OH is 1. The number of Topliss-reactive ketones (excluding diaryl/α,β-unsaturated/α-hetero) is 1. The Morgan fingerprint density at radius 3 is 2.39 bits per heavy atom. The highest BCUT2D eigenvalue weighted by atomic mass is 32.1. The van der Waals surface area contributed by atoms with Crippen molar-refractivity contribution in [3.05, 3.63) is 82.1 Å². The van der Waals surface area contributed by atoms with Gasteiger partial charge in [-0.3, -0.25) is 14.5 Å². The van der Waals surface area contributed by atoms with Crippen LogP contribution in [0.15, 0.2) is 60.2 Å². The summed E-state index contributed by atoms with van der Waals surface area (Å²) < 4.78 is 14.6. The topological polar surface area (TPSA) is 83.4 Å². The molecule has 0 bridgehead atoms. The highest BCUT2D eigenvalue weighted by molar-refractivity contribution is 7.15. The molecular weight excluding hydrogens is 381 g/mol. The quantitative estimate of drug-likeness (QED) is 0.416. The summed E-state index contributed by atoms with van der Waals surface area (Å²) in [5.74, 6) is -2.75. The molecule has 1 amide bonds. The molecule has 0 saturated carbocycles. The molecule has 1 aromatic heterocycles. The largest absolute Gasteiger partial charge is 0.507 e. The first-order valence-electron chi connectivity index (χ1n) is 8.40. The van der Waals surface area contributed by atoms with E-state index in [0.717, 1.165) is 16.2 Å². The lowest BCUT2D eigenvalue weighted by molar-refractivity contribution is -0.132. The van der Waals surface area contributed by atoms with Gasteiger partial charge in [-0.1, -0.05) is 59.9 Å². The van der Waals surface area contributed by atoms with E-state index in [4.69, 9.17) is 0 Å². The van der Waals surface area contributed by atoms with E-state index in [9.17, 15) is 19.1 Å². The Balaban J connectivity index is 1.98. The number of aryl methyl sites for hydroxylation is 1. The molecule has 140 valence electrons. The molecule has 28 heavy (non-hydrogen) atoms. The maximum absolute atomic E-state index is 14.6. The second kappa shape index (κ2) is 6.97. The number of halogens is 1. The summed E-state index contributed by atoms with van der Waals surface area (Å²) in [5, 5.41) is 19.4. The van der Waals surface area contributed by atoms with E-state index in [1.807, 2.05) is 0 Å². The Bertz CT molecular complexity index is 1110. The minimum absolute atomic E-state index is 0.0898. The standard InChI is InChI=1S/C20H14FN3O3S/c1-11-22-23-20(28-11)24-16(13-9-5-6-10-14(13)21)15(18(26)19(24)27)17(25)12-7-3-2-4-8-12/h2-10,16,25H,1H3/b17-15+/t16-/m1/s1. The number of carbonyl (C=O) groups is 2. The molecule has 0 spiro atoms. The van der Waals surface area contributed by atoms with Crippen LogP contribution >= 0.6 is 11.3 Å². The number of carbonyl (C=O) groups excluding carboxylic acids is 2. The Labute approximate surface area is 163 Å². The van der Waals surface area contributed by atoms with Crippen molar-refractivity contribution in [3.8, 4) is 0 Å². The summed E-state index contributed by atoms with van der Waals surface area (Å²) in [6.45, 7) is 1.71. The fourth-order valence-corrected chi connectivity index (χ4v) is 3.87. The van der Waals surface area contributed by atoms with Gasteiger partial charge in [-0.05, 0) is 13.0 Å². The first-order chi connectivity index (χ1) is 13.5. The summed E-state index contributed by atoms with van der Waals surface area (Å²) in [4.78, 5) is 26.7. The Hall–Kier alpha value is -3.39. The number of aliphatic hydroxyl groups is 1. The van der Waals surface area contributed by atoms with Crippen LogP contribution < -0.4 is 4.90 Å². The lowest BCUT2D eigenvalue weighted by Crippen LogP contribution is -2.29. The van der Waals surface area contributed by atoms with Crippen molar-refractivity contribution in [2.24, 2.45) is 0 Å². The minimum atomic E-state index is -1.14. The van der Waals surface area contributed by atoms with Crippen LogP contribution in [0.1, 0.15) is 22.2 Å². The van der Waals surface area contributed by atoms with Crippen LogP contribution in [0.2, 0.25) is 0 Å². The molecule has 1 saturated heterocycles. The first kappa shape index (κ1) is 18.0. The molecule has 1 N–H and O–H groups in total.